The molecule has 2 bridgehead atoms. The lowest BCUT2D eigenvalue weighted by atomic mass is 9.81. The molecule has 1 aromatic rings. The summed E-state index contributed by atoms with van der Waals surface area (Å²) < 4.78 is 23.1. The number of rotatable bonds is 3. The van der Waals surface area contributed by atoms with Gasteiger partial charge in [-0.1, -0.05) is 6.07 Å². The number of nitrogens with zero attached hydrogens (tertiary/aromatic N) is 1. The van der Waals surface area contributed by atoms with E-state index in [1.165, 1.54) is 19.3 Å². The Kier molecular flexibility index (Phi) is 3.94. The van der Waals surface area contributed by atoms with Gasteiger partial charge in [0.15, 0.2) is 0 Å². The normalized spacial score (nSPS) is 29.4. The first-order chi connectivity index (χ1) is 9.99. The van der Waals surface area contributed by atoms with Crippen LogP contribution in [0.15, 0.2) is 29.2 Å². The summed E-state index contributed by atoms with van der Waals surface area (Å²) in [5.74, 6) is 0. The van der Waals surface area contributed by atoms with Crippen molar-refractivity contribution in [2.45, 2.75) is 55.1 Å². The molecule has 3 rings (SSSR count). The van der Waals surface area contributed by atoms with Gasteiger partial charge in [-0.15, -0.1) is 0 Å². The van der Waals surface area contributed by atoms with Gasteiger partial charge in [0.1, 0.15) is 0 Å². The molecular formula is C15H23N3O2S. The Morgan fingerprint density at radius 1 is 1.24 bits per heavy atom. The minimum absolute atomic E-state index is 0.203. The van der Waals surface area contributed by atoms with Crippen LogP contribution < -0.4 is 15.4 Å². The van der Waals surface area contributed by atoms with Crippen LogP contribution in [0.3, 0.4) is 0 Å². The van der Waals surface area contributed by atoms with Gasteiger partial charge in [-0.3, -0.25) is 0 Å². The SMILES string of the molecule is CNC1CC2CCCC(C1)N2c1cccc(S(N)(=O)=O)c1. The van der Waals surface area contributed by atoms with E-state index in [0.29, 0.717) is 18.1 Å². The monoisotopic (exact) mass is 309 g/mol. The minimum atomic E-state index is -3.64. The first-order valence-electron chi connectivity index (χ1n) is 7.57. The molecule has 5 nitrogen and oxygen atoms in total. The molecular weight excluding hydrogens is 286 g/mol. The molecule has 1 aromatic carbocycles. The highest BCUT2D eigenvalue weighted by Gasteiger charge is 2.37. The number of hydrogen-bond donors (Lipinski definition) is 2. The average molecular weight is 309 g/mol. The van der Waals surface area contributed by atoms with Crippen LogP contribution in [0.5, 0.6) is 0 Å². The van der Waals surface area contributed by atoms with Crippen molar-refractivity contribution in [1.82, 2.24) is 5.32 Å². The molecule has 2 aliphatic rings. The topological polar surface area (TPSA) is 75.4 Å². The van der Waals surface area contributed by atoms with Gasteiger partial charge in [-0.25, -0.2) is 13.6 Å². The molecule has 0 saturated carbocycles. The van der Waals surface area contributed by atoms with E-state index in [2.05, 4.69) is 10.2 Å². The number of nitrogens with two attached hydrogens (primary N) is 1. The zero-order chi connectivity index (χ0) is 15.0. The first kappa shape index (κ1) is 14.8. The van der Waals surface area contributed by atoms with E-state index in [4.69, 9.17) is 5.14 Å². The number of piperidine rings is 2. The number of sulfonamides is 1. The molecule has 0 aromatic heterocycles. The quantitative estimate of drug-likeness (QED) is 0.886. The van der Waals surface area contributed by atoms with Crippen LogP contribution in [0.25, 0.3) is 0 Å². The van der Waals surface area contributed by atoms with Crippen LogP contribution in [0.4, 0.5) is 5.69 Å². The molecule has 0 radical (unpaired) electrons. The van der Waals surface area contributed by atoms with Gasteiger partial charge in [0.05, 0.1) is 4.90 Å². The maximum absolute atomic E-state index is 11.6. The second-order valence-corrected chi connectivity index (χ2v) is 7.71. The van der Waals surface area contributed by atoms with Gasteiger partial charge in [0.2, 0.25) is 10.0 Å². The molecule has 0 spiro atoms. The van der Waals surface area contributed by atoms with Crippen LogP contribution >= 0.6 is 0 Å². The molecule has 2 fully saturated rings. The summed E-state index contributed by atoms with van der Waals surface area (Å²) in [6, 6.07) is 8.62. The van der Waals surface area contributed by atoms with E-state index in [9.17, 15) is 8.42 Å². The Hall–Kier alpha value is -1.11. The van der Waals surface area contributed by atoms with Crippen LogP contribution in [0, 0.1) is 0 Å². The predicted molar refractivity (Wildman–Crippen MR) is 83.8 cm³/mol. The lowest BCUT2D eigenvalue weighted by molar-refractivity contribution is 0.252. The number of benzene rings is 1. The third kappa shape index (κ3) is 2.93. The van der Waals surface area contributed by atoms with Crippen molar-refractivity contribution < 1.29 is 8.42 Å². The largest absolute Gasteiger partial charge is 0.365 e. The van der Waals surface area contributed by atoms with Gasteiger partial charge in [-0.2, -0.15) is 0 Å². The lowest BCUT2D eigenvalue weighted by Crippen LogP contribution is -2.56. The van der Waals surface area contributed by atoms with Crippen LogP contribution in [-0.4, -0.2) is 33.6 Å². The van der Waals surface area contributed by atoms with Gasteiger partial charge in [-0.05, 0) is 57.4 Å². The summed E-state index contributed by atoms with van der Waals surface area (Å²) in [6.45, 7) is 0. The molecule has 0 amide bonds. The number of nitrogens with one attached hydrogen (secondary N) is 1. The van der Waals surface area contributed by atoms with Crippen LogP contribution in [0.2, 0.25) is 0 Å². The highest BCUT2D eigenvalue weighted by molar-refractivity contribution is 7.89. The van der Waals surface area contributed by atoms with Crippen molar-refractivity contribution in [1.29, 1.82) is 0 Å². The Morgan fingerprint density at radius 2 is 1.90 bits per heavy atom. The summed E-state index contributed by atoms with van der Waals surface area (Å²) in [4.78, 5) is 2.63. The van der Waals surface area contributed by atoms with Crippen molar-refractivity contribution in [3.05, 3.63) is 24.3 Å². The van der Waals surface area contributed by atoms with Crippen molar-refractivity contribution >= 4 is 15.7 Å². The molecule has 2 saturated heterocycles. The van der Waals surface area contributed by atoms with E-state index in [-0.39, 0.29) is 4.90 Å². The second kappa shape index (κ2) is 5.59. The molecule has 2 heterocycles. The number of primary sulfonamides is 1. The third-order valence-electron chi connectivity index (χ3n) is 4.83. The minimum Gasteiger partial charge on any atom is -0.365 e. The second-order valence-electron chi connectivity index (χ2n) is 6.15. The van der Waals surface area contributed by atoms with Crippen LogP contribution in [0.1, 0.15) is 32.1 Å². The molecule has 3 N–H and O–H groups in total. The summed E-state index contributed by atoms with van der Waals surface area (Å²) in [5.41, 5.74) is 0.991. The van der Waals surface area contributed by atoms with E-state index in [1.54, 1.807) is 18.2 Å². The van der Waals surface area contributed by atoms with Gasteiger partial charge in [0, 0.05) is 23.8 Å². The van der Waals surface area contributed by atoms with Crippen molar-refractivity contribution in [3.8, 4) is 0 Å². The standard InChI is InChI=1S/C15H23N3O2S/c1-17-11-8-12-4-2-5-13(9-11)18(12)14-6-3-7-15(10-14)21(16,19)20/h3,6-7,10-13,17H,2,4-5,8-9H2,1H3,(H2,16,19,20). The Balaban J connectivity index is 1.93. The summed E-state index contributed by atoms with van der Waals surface area (Å²) in [5, 5.41) is 8.66. The molecule has 2 aliphatic heterocycles. The smallest absolute Gasteiger partial charge is 0.238 e. The zero-order valence-electron chi connectivity index (χ0n) is 12.3. The maximum atomic E-state index is 11.6. The predicted octanol–water partition coefficient (Wildman–Crippen LogP) is 1.44. The molecule has 2 unspecified atom stereocenters. The lowest BCUT2D eigenvalue weighted by Gasteiger charge is -2.50. The van der Waals surface area contributed by atoms with Crippen LogP contribution in [-0.2, 0) is 10.0 Å². The van der Waals surface area contributed by atoms with E-state index in [0.717, 1.165) is 18.5 Å². The third-order valence-corrected chi connectivity index (χ3v) is 5.74. The highest BCUT2D eigenvalue weighted by atomic mass is 32.2. The highest BCUT2D eigenvalue weighted by Crippen LogP contribution is 2.38. The van der Waals surface area contributed by atoms with Gasteiger partial charge < -0.3 is 10.2 Å². The fourth-order valence-electron chi connectivity index (χ4n) is 3.86. The molecule has 6 heteroatoms. The first-order valence-corrected chi connectivity index (χ1v) is 9.12. The van der Waals surface area contributed by atoms with E-state index >= 15 is 0 Å². The fourth-order valence-corrected chi connectivity index (χ4v) is 4.41. The molecule has 116 valence electrons. The zero-order valence-corrected chi connectivity index (χ0v) is 13.1. The molecule has 2 atom stereocenters. The molecule has 21 heavy (non-hydrogen) atoms. The Bertz CT molecular complexity index is 603. The summed E-state index contributed by atoms with van der Waals surface area (Å²) in [7, 11) is -1.62. The molecule has 0 aliphatic carbocycles. The number of hydrogen-bond acceptors (Lipinski definition) is 4. The Morgan fingerprint density at radius 3 is 2.48 bits per heavy atom. The number of anilines is 1. The van der Waals surface area contributed by atoms with Crippen molar-refractivity contribution in [3.63, 3.8) is 0 Å². The van der Waals surface area contributed by atoms with E-state index in [1.807, 2.05) is 13.1 Å². The summed E-state index contributed by atoms with van der Waals surface area (Å²) >= 11 is 0. The average Bonchev–Trinajstić information content (AvgIpc) is 2.45. The Labute approximate surface area is 126 Å². The summed E-state index contributed by atoms with van der Waals surface area (Å²) in [6.07, 6.45) is 5.85. The van der Waals surface area contributed by atoms with Crippen molar-refractivity contribution in [2.24, 2.45) is 5.14 Å². The fraction of sp³-hybridized carbons (Fsp3) is 0.600. The van der Waals surface area contributed by atoms with Gasteiger partial charge in [0.25, 0.3) is 0 Å². The number of fused-ring (bicyclic) bond motifs is 2. The van der Waals surface area contributed by atoms with Gasteiger partial charge >= 0.3 is 0 Å². The van der Waals surface area contributed by atoms with Crippen molar-refractivity contribution in [2.75, 3.05) is 11.9 Å². The maximum Gasteiger partial charge on any atom is 0.238 e. The van der Waals surface area contributed by atoms with E-state index < -0.39 is 10.0 Å².